The summed E-state index contributed by atoms with van der Waals surface area (Å²) in [4.78, 5) is 15.3. The molecule has 0 unspecified atom stereocenters. The van der Waals surface area contributed by atoms with Crippen molar-refractivity contribution in [2.45, 2.75) is 0 Å². The Labute approximate surface area is 68.0 Å². The average molecular weight is 164 g/mol. The van der Waals surface area contributed by atoms with Gasteiger partial charge >= 0.3 is 5.69 Å². The second kappa shape index (κ2) is 2.10. The third-order valence-electron chi connectivity index (χ3n) is 1.84. The average Bonchev–Trinajstić information content (AvgIpc) is 2.33. The molecule has 0 saturated heterocycles. The number of rotatable bonds is 0. The molecule has 2 aromatic heterocycles. The highest BCUT2D eigenvalue weighted by Gasteiger charge is 2.06. The normalized spacial score (nSPS) is 10.8. The lowest BCUT2D eigenvalue weighted by Gasteiger charge is -1.89. The molecule has 0 spiro atoms. The van der Waals surface area contributed by atoms with Crippen molar-refractivity contribution in [1.29, 1.82) is 0 Å². The van der Waals surface area contributed by atoms with Crippen molar-refractivity contribution < 1.29 is 0 Å². The highest BCUT2D eigenvalue weighted by atomic mass is 16.2. The van der Waals surface area contributed by atoms with E-state index in [1.165, 1.54) is 4.57 Å². The van der Waals surface area contributed by atoms with Crippen LogP contribution in [0.2, 0.25) is 0 Å². The summed E-state index contributed by atoms with van der Waals surface area (Å²) in [5.41, 5.74) is 0.985. The fourth-order valence-corrected chi connectivity index (χ4v) is 1.19. The van der Waals surface area contributed by atoms with Crippen LogP contribution >= 0.6 is 0 Å². The maximum atomic E-state index is 11.2. The van der Waals surface area contributed by atoms with E-state index in [4.69, 9.17) is 5.84 Å². The van der Waals surface area contributed by atoms with E-state index in [0.717, 1.165) is 4.68 Å². The van der Waals surface area contributed by atoms with Gasteiger partial charge in [-0.05, 0) is 12.1 Å². The second-order valence-electron chi connectivity index (χ2n) is 2.56. The molecule has 2 rings (SSSR count). The molecule has 5 nitrogen and oxygen atoms in total. The van der Waals surface area contributed by atoms with Gasteiger partial charge in [0.25, 0.3) is 0 Å². The molecule has 0 radical (unpaired) electrons. The molecular weight excluding hydrogens is 156 g/mol. The van der Waals surface area contributed by atoms with Gasteiger partial charge in [0, 0.05) is 13.2 Å². The molecule has 2 aromatic rings. The van der Waals surface area contributed by atoms with Crippen molar-refractivity contribution in [3.05, 3.63) is 28.8 Å². The molecule has 0 aliphatic carbocycles. The fourth-order valence-electron chi connectivity index (χ4n) is 1.19. The highest BCUT2D eigenvalue weighted by Crippen LogP contribution is 2.04. The Morgan fingerprint density at radius 2 is 2.33 bits per heavy atom. The lowest BCUT2D eigenvalue weighted by atomic mass is 10.4. The van der Waals surface area contributed by atoms with Crippen molar-refractivity contribution in [2.24, 2.45) is 7.05 Å². The minimum Gasteiger partial charge on any atom is -0.335 e. The molecule has 62 valence electrons. The molecule has 2 N–H and O–H groups in total. The van der Waals surface area contributed by atoms with Crippen LogP contribution in [0.5, 0.6) is 0 Å². The summed E-state index contributed by atoms with van der Waals surface area (Å²) >= 11 is 0. The molecule has 0 amide bonds. The first-order chi connectivity index (χ1) is 5.72. The minimum absolute atomic E-state index is 0.260. The van der Waals surface area contributed by atoms with Gasteiger partial charge in [-0.3, -0.25) is 4.57 Å². The molecule has 2 heterocycles. The lowest BCUT2D eigenvalue weighted by molar-refractivity contribution is 0.822. The summed E-state index contributed by atoms with van der Waals surface area (Å²) in [6.45, 7) is 0. The Kier molecular flexibility index (Phi) is 1.21. The Hall–Kier alpha value is -1.78. The number of hydrogen-bond donors (Lipinski definition) is 1. The summed E-state index contributed by atoms with van der Waals surface area (Å²) < 4.78 is 2.50. The van der Waals surface area contributed by atoms with E-state index < -0.39 is 0 Å². The largest absolute Gasteiger partial charge is 0.348 e. The predicted molar refractivity (Wildman–Crippen MR) is 45.1 cm³/mol. The van der Waals surface area contributed by atoms with Crippen molar-refractivity contribution in [2.75, 3.05) is 5.84 Å². The van der Waals surface area contributed by atoms with E-state index >= 15 is 0 Å². The standard InChI is InChI=1S/C7H8N4O/c1-10-6-5(3-2-4-9-6)11(8)7(10)12/h2-4H,8H2,1H3. The van der Waals surface area contributed by atoms with E-state index in [0.29, 0.717) is 11.2 Å². The number of pyridine rings is 1. The minimum atomic E-state index is -0.260. The van der Waals surface area contributed by atoms with Crippen LogP contribution in [0.25, 0.3) is 11.2 Å². The van der Waals surface area contributed by atoms with Crippen molar-refractivity contribution >= 4 is 11.2 Å². The zero-order valence-electron chi connectivity index (χ0n) is 6.56. The van der Waals surface area contributed by atoms with E-state index in [1.807, 2.05) is 0 Å². The summed E-state index contributed by atoms with van der Waals surface area (Å²) in [5, 5.41) is 0. The Bertz CT molecular complexity index is 440. The van der Waals surface area contributed by atoms with Crippen LogP contribution in [0.1, 0.15) is 0 Å². The van der Waals surface area contributed by atoms with Crippen molar-refractivity contribution in [3.8, 4) is 0 Å². The van der Waals surface area contributed by atoms with Gasteiger partial charge in [-0.1, -0.05) is 0 Å². The molecular formula is C7H8N4O. The third kappa shape index (κ3) is 0.674. The second-order valence-corrected chi connectivity index (χ2v) is 2.56. The molecule has 0 aromatic carbocycles. The number of fused-ring (bicyclic) bond motifs is 1. The molecule has 0 aliphatic heterocycles. The first-order valence-electron chi connectivity index (χ1n) is 3.49. The summed E-state index contributed by atoms with van der Waals surface area (Å²) in [7, 11) is 1.64. The van der Waals surface area contributed by atoms with Crippen LogP contribution in [0.15, 0.2) is 23.1 Å². The van der Waals surface area contributed by atoms with Crippen LogP contribution in [-0.4, -0.2) is 14.2 Å². The first-order valence-corrected chi connectivity index (χ1v) is 3.49. The molecule has 12 heavy (non-hydrogen) atoms. The topological polar surface area (TPSA) is 65.8 Å². The van der Waals surface area contributed by atoms with E-state index in [2.05, 4.69) is 4.98 Å². The van der Waals surface area contributed by atoms with Gasteiger partial charge in [-0.15, -0.1) is 0 Å². The third-order valence-corrected chi connectivity index (χ3v) is 1.84. The maximum Gasteiger partial charge on any atom is 0.348 e. The number of imidazole rings is 1. The van der Waals surface area contributed by atoms with Gasteiger partial charge in [-0.25, -0.2) is 14.5 Å². The Morgan fingerprint density at radius 3 is 3.00 bits per heavy atom. The molecule has 5 heteroatoms. The van der Waals surface area contributed by atoms with Gasteiger partial charge in [0.2, 0.25) is 0 Å². The van der Waals surface area contributed by atoms with E-state index in [1.54, 1.807) is 25.4 Å². The Balaban J connectivity index is 3.09. The van der Waals surface area contributed by atoms with Gasteiger partial charge < -0.3 is 5.84 Å². The number of hydrogen-bond acceptors (Lipinski definition) is 3. The Morgan fingerprint density at radius 1 is 1.58 bits per heavy atom. The predicted octanol–water partition coefficient (Wildman–Crippen LogP) is -0.551. The van der Waals surface area contributed by atoms with Gasteiger partial charge in [-0.2, -0.15) is 0 Å². The highest BCUT2D eigenvalue weighted by molar-refractivity contribution is 5.70. The van der Waals surface area contributed by atoms with Crippen LogP contribution in [0.3, 0.4) is 0 Å². The molecule has 0 atom stereocenters. The van der Waals surface area contributed by atoms with Crippen LogP contribution < -0.4 is 11.5 Å². The van der Waals surface area contributed by atoms with Crippen molar-refractivity contribution in [3.63, 3.8) is 0 Å². The number of nitrogens with two attached hydrogens (primary N) is 1. The number of aromatic nitrogens is 3. The van der Waals surface area contributed by atoms with E-state index in [9.17, 15) is 4.79 Å². The van der Waals surface area contributed by atoms with Gasteiger partial charge in [0.1, 0.15) is 5.52 Å². The lowest BCUT2D eigenvalue weighted by Crippen LogP contribution is -2.27. The SMILES string of the molecule is Cn1c(=O)n(N)c2cccnc21. The van der Waals surface area contributed by atoms with Crippen LogP contribution in [0, 0.1) is 0 Å². The number of nitrogens with zero attached hydrogens (tertiary/aromatic N) is 3. The smallest absolute Gasteiger partial charge is 0.335 e. The van der Waals surface area contributed by atoms with Crippen molar-refractivity contribution in [1.82, 2.24) is 14.2 Å². The van der Waals surface area contributed by atoms with Gasteiger partial charge in [0.15, 0.2) is 5.65 Å². The monoisotopic (exact) mass is 164 g/mol. The maximum absolute atomic E-state index is 11.2. The molecule has 0 bridgehead atoms. The zero-order valence-corrected chi connectivity index (χ0v) is 6.56. The number of nitrogen functional groups attached to an aromatic ring is 1. The fraction of sp³-hybridized carbons (Fsp3) is 0.143. The number of aryl methyl sites for hydroxylation is 1. The van der Waals surface area contributed by atoms with E-state index in [-0.39, 0.29) is 5.69 Å². The molecule has 0 aliphatic rings. The summed E-state index contributed by atoms with van der Waals surface area (Å²) in [6, 6.07) is 3.49. The zero-order chi connectivity index (χ0) is 8.72. The summed E-state index contributed by atoms with van der Waals surface area (Å²) in [6.07, 6.45) is 1.63. The van der Waals surface area contributed by atoms with Crippen LogP contribution in [-0.2, 0) is 7.05 Å². The molecule has 0 fully saturated rings. The molecule has 0 saturated carbocycles. The van der Waals surface area contributed by atoms with Gasteiger partial charge in [0.05, 0.1) is 0 Å². The van der Waals surface area contributed by atoms with Crippen LogP contribution in [0.4, 0.5) is 0 Å². The quantitative estimate of drug-likeness (QED) is 0.531. The summed E-state index contributed by atoms with van der Waals surface area (Å²) in [5.74, 6) is 5.48. The first kappa shape index (κ1) is 6.90.